The summed E-state index contributed by atoms with van der Waals surface area (Å²) in [5.41, 5.74) is 9.24. The molecule has 0 unspecified atom stereocenters. The Kier molecular flexibility index (Phi) is 4.85. The molecule has 7 heteroatoms. The summed E-state index contributed by atoms with van der Waals surface area (Å²) in [4.78, 5) is 10.8. The number of hydrogen-bond donors (Lipinski definition) is 1. The Morgan fingerprint density at radius 1 is 1.14 bits per heavy atom. The highest BCUT2D eigenvalue weighted by molar-refractivity contribution is 5.79. The Morgan fingerprint density at radius 2 is 1.96 bits per heavy atom. The Labute approximate surface area is 164 Å². The molecular weight excluding hydrogens is 352 g/mol. The van der Waals surface area contributed by atoms with Crippen molar-refractivity contribution in [3.63, 3.8) is 0 Å². The van der Waals surface area contributed by atoms with E-state index in [2.05, 4.69) is 27.0 Å². The van der Waals surface area contributed by atoms with Gasteiger partial charge in [0.1, 0.15) is 29.5 Å². The Morgan fingerprint density at radius 3 is 2.64 bits per heavy atom. The molecule has 1 fully saturated rings. The third kappa shape index (κ3) is 3.37. The minimum Gasteiger partial charge on any atom is -0.497 e. The molecule has 0 bridgehead atoms. The predicted molar refractivity (Wildman–Crippen MR) is 109 cm³/mol. The van der Waals surface area contributed by atoms with Crippen molar-refractivity contribution in [1.29, 1.82) is 5.26 Å². The second kappa shape index (κ2) is 7.61. The molecule has 1 saturated heterocycles. The third-order valence-electron chi connectivity index (χ3n) is 5.04. The zero-order chi connectivity index (χ0) is 19.5. The van der Waals surface area contributed by atoms with E-state index in [9.17, 15) is 5.26 Å². The van der Waals surface area contributed by atoms with Crippen LogP contribution in [0.5, 0.6) is 5.75 Å². The van der Waals surface area contributed by atoms with Gasteiger partial charge in [-0.3, -0.25) is 4.57 Å². The molecule has 3 heterocycles. The molecule has 0 amide bonds. The summed E-state index contributed by atoms with van der Waals surface area (Å²) < 4.78 is 7.24. The molecule has 0 aliphatic carbocycles. The maximum atomic E-state index is 9.89. The lowest BCUT2D eigenvalue weighted by atomic mass is 9.99. The van der Waals surface area contributed by atoms with Gasteiger partial charge in [-0.2, -0.15) is 5.26 Å². The van der Waals surface area contributed by atoms with Gasteiger partial charge in [-0.1, -0.05) is 0 Å². The zero-order valence-electron chi connectivity index (χ0n) is 15.8. The first-order valence-corrected chi connectivity index (χ1v) is 9.33. The summed E-state index contributed by atoms with van der Waals surface area (Å²) in [5, 5.41) is 9.89. The van der Waals surface area contributed by atoms with Crippen LogP contribution in [0.2, 0.25) is 0 Å². The highest BCUT2D eigenvalue weighted by Gasteiger charge is 2.18. The SMILES string of the molecule is COc1cc(-c2cc(N)nc(-n3ccnc3)c2C#N)cc(N2CCCCC2)c1. The summed E-state index contributed by atoms with van der Waals surface area (Å²) >= 11 is 0. The van der Waals surface area contributed by atoms with Gasteiger partial charge in [0.15, 0.2) is 5.82 Å². The fourth-order valence-electron chi connectivity index (χ4n) is 3.65. The van der Waals surface area contributed by atoms with Gasteiger partial charge in [0.25, 0.3) is 0 Å². The van der Waals surface area contributed by atoms with Gasteiger partial charge in [-0.25, -0.2) is 9.97 Å². The minimum absolute atomic E-state index is 0.347. The maximum Gasteiger partial charge on any atom is 0.158 e. The van der Waals surface area contributed by atoms with E-state index in [1.165, 1.54) is 19.3 Å². The Bertz CT molecular complexity index is 1020. The molecule has 1 aliphatic heterocycles. The third-order valence-corrected chi connectivity index (χ3v) is 5.04. The van der Waals surface area contributed by atoms with Crippen molar-refractivity contribution in [3.05, 3.63) is 48.5 Å². The smallest absolute Gasteiger partial charge is 0.158 e. The number of nitrogen functional groups attached to an aromatic ring is 1. The number of pyridine rings is 1. The molecule has 1 aromatic carbocycles. The van der Waals surface area contributed by atoms with Gasteiger partial charge < -0.3 is 15.4 Å². The number of nitrogens with two attached hydrogens (primary N) is 1. The summed E-state index contributed by atoms with van der Waals surface area (Å²) in [6.07, 6.45) is 8.63. The molecule has 2 N–H and O–H groups in total. The van der Waals surface area contributed by atoms with Crippen molar-refractivity contribution in [1.82, 2.24) is 14.5 Å². The summed E-state index contributed by atoms with van der Waals surface area (Å²) in [5.74, 6) is 1.57. The highest BCUT2D eigenvalue weighted by atomic mass is 16.5. The van der Waals surface area contributed by atoms with E-state index in [0.717, 1.165) is 35.7 Å². The quantitative estimate of drug-likeness (QED) is 0.752. The molecular formula is C21H22N6O. The monoisotopic (exact) mass is 374 g/mol. The van der Waals surface area contributed by atoms with Crippen LogP contribution in [-0.4, -0.2) is 34.7 Å². The number of ether oxygens (including phenoxy) is 1. The second-order valence-corrected chi connectivity index (χ2v) is 6.84. The molecule has 0 spiro atoms. The average Bonchev–Trinajstić information content (AvgIpc) is 3.28. The topological polar surface area (TPSA) is 93.0 Å². The number of hydrogen-bond acceptors (Lipinski definition) is 6. The molecule has 2 aromatic heterocycles. The number of rotatable bonds is 4. The van der Waals surface area contributed by atoms with Gasteiger partial charge in [0.05, 0.1) is 7.11 Å². The summed E-state index contributed by atoms with van der Waals surface area (Å²) in [6, 6.07) is 10.1. The molecule has 4 rings (SSSR count). The summed E-state index contributed by atoms with van der Waals surface area (Å²) in [7, 11) is 1.65. The number of imidazole rings is 1. The van der Waals surface area contributed by atoms with Crippen LogP contribution in [0, 0.1) is 11.3 Å². The van der Waals surface area contributed by atoms with Gasteiger partial charge in [-0.05, 0) is 43.0 Å². The molecule has 0 saturated carbocycles. The standard InChI is InChI=1S/C21H22N6O/c1-28-17-10-15(9-16(11-17)26-6-3-2-4-7-26)18-12-20(23)25-21(19(18)13-22)27-8-5-24-14-27/h5,8-12,14H,2-4,6-7H2,1H3,(H2,23,25). The first-order chi connectivity index (χ1) is 13.7. The molecule has 28 heavy (non-hydrogen) atoms. The van der Waals surface area contributed by atoms with Gasteiger partial charge in [0.2, 0.25) is 0 Å². The lowest BCUT2D eigenvalue weighted by Crippen LogP contribution is -2.29. The fourth-order valence-corrected chi connectivity index (χ4v) is 3.65. The number of nitrogens with zero attached hydrogens (tertiary/aromatic N) is 5. The molecule has 0 radical (unpaired) electrons. The van der Waals surface area contributed by atoms with E-state index in [0.29, 0.717) is 17.2 Å². The number of methoxy groups -OCH3 is 1. The first-order valence-electron chi connectivity index (χ1n) is 9.33. The second-order valence-electron chi connectivity index (χ2n) is 6.84. The van der Waals surface area contributed by atoms with E-state index in [1.807, 2.05) is 12.1 Å². The predicted octanol–water partition coefficient (Wildman–Crippen LogP) is 3.39. The Hall–Kier alpha value is -3.53. The number of aromatic nitrogens is 3. The highest BCUT2D eigenvalue weighted by Crippen LogP contribution is 2.35. The van der Waals surface area contributed by atoms with Crippen LogP contribution in [0.1, 0.15) is 24.8 Å². The largest absolute Gasteiger partial charge is 0.497 e. The van der Waals surface area contributed by atoms with Crippen LogP contribution in [0.25, 0.3) is 16.9 Å². The van der Waals surface area contributed by atoms with Crippen molar-refractivity contribution in [2.24, 2.45) is 0 Å². The van der Waals surface area contributed by atoms with Crippen LogP contribution >= 0.6 is 0 Å². The normalized spacial score (nSPS) is 13.9. The van der Waals surface area contributed by atoms with Crippen molar-refractivity contribution in [2.75, 3.05) is 30.8 Å². The van der Waals surface area contributed by atoms with Gasteiger partial charge in [-0.15, -0.1) is 0 Å². The average molecular weight is 374 g/mol. The van der Waals surface area contributed by atoms with Crippen LogP contribution in [0.3, 0.4) is 0 Å². The number of anilines is 2. The van der Waals surface area contributed by atoms with E-state index in [-0.39, 0.29) is 0 Å². The molecule has 0 atom stereocenters. The van der Waals surface area contributed by atoms with E-state index >= 15 is 0 Å². The Balaban J connectivity index is 1.88. The molecule has 1 aliphatic rings. The van der Waals surface area contributed by atoms with E-state index in [1.54, 1.807) is 36.5 Å². The van der Waals surface area contributed by atoms with Crippen molar-refractivity contribution in [3.8, 4) is 28.8 Å². The van der Waals surface area contributed by atoms with Crippen molar-refractivity contribution in [2.45, 2.75) is 19.3 Å². The van der Waals surface area contributed by atoms with E-state index < -0.39 is 0 Å². The molecule has 3 aromatic rings. The van der Waals surface area contributed by atoms with Crippen molar-refractivity contribution >= 4 is 11.5 Å². The lowest BCUT2D eigenvalue weighted by molar-refractivity contribution is 0.415. The fraction of sp³-hybridized carbons (Fsp3) is 0.286. The maximum absolute atomic E-state index is 9.89. The first kappa shape index (κ1) is 17.9. The number of nitriles is 1. The molecule has 7 nitrogen and oxygen atoms in total. The van der Waals surface area contributed by atoms with Crippen LogP contribution < -0.4 is 15.4 Å². The zero-order valence-corrected chi connectivity index (χ0v) is 15.8. The van der Waals surface area contributed by atoms with Crippen LogP contribution in [0.15, 0.2) is 43.0 Å². The van der Waals surface area contributed by atoms with Gasteiger partial charge in [0, 0.05) is 42.8 Å². The number of piperidine rings is 1. The molecule has 142 valence electrons. The lowest BCUT2D eigenvalue weighted by Gasteiger charge is -2.29. The summed E-state index contributed by atoms with van der Waals surface area (Å²) in [6.45, 7) is 2.05. The van der Waals surface area contributed by atoms with Gasteiger partial charge >= 0.3 is 0 Å². The van der Waals surface area contributed by atoms with E-state index in [4.69, 9.17) is 10.5 Å². The number of benzene rings is 1. The van der Waals surface area contributed by atoms with Crippen LogP contribution in [0.4, 0.5) is 11.5 Å². The minimum atomic E-state index is 0.347. The van der Waals surface area contributed by atoms with Crippen LogP contribution in [-0.2, 0) is 0 Å². The van der Waals surface area contributed by atoms with Crippen molar-refractivity contribution < 1.29 is 4.74 Å².